The first-order valence-electron chi connectivity index (χ1n) is 10.1. The third-order valence-electron chi connectivity index (χ3n) is 5.28. The first-order valence-corrected chi connectivity index (χ1v) is 10.1. The van der Waals surface area contributed by atoms with Gasteiger partial charge >= 0.3 is 0 Å². The molecular weight excluding hydrogens is 381 g/mol. The van der Waals surface area contributed by atoms with E-state index in [9.17, 15) is 4.39 Å². The van der Waals surface area contributed by atoms with Crippen molar-refractivity contribution < 1.29 is 23.9 Å². The molecule has 30 heavy (non-hydrogen) atoms. The van der Waals surface area contributed by atoms with E-state index in [-0.39, 0.29) is 11.7 Å². The number of hydrogen-bond acceptors (Lipinski definition) is 3. The molecular formula is C25H29FNO3+. The van der Waals surface area contributed by atoms with E-state index in [4.69, 9.17) is 14.2 Å². The van der Waals surface area contributed by atoms with Gasteiger partial charge < -0.3 is 19.5 Å². The Morgan fingerprint density at radius 3 is 2.00 bits per heavy atom. The lowest BCUT2D eigenvalue weighted by atomic mass is 9.88. The van der Waals surface area contributed by atoms with Gasteiger partial charge in [0.2, 0.25) is 0 Å². The van der Waals surface area contributed by atoms with E-state index in [0.29, 0.717) is 0 Å². The van der Waals surface area contributed by atoms with E-state index in [1.165, 1.54) is 23.3 Å². The molecule has 0 spiro atoms. The standard InChI is InChI=1S/C25H28FNO3/c1-28-22-11-7-20(8-12-22)23(19-5-9-21(26)10-6-19)14-15-27-17-18-4-13-24(29-2)25(16-18)30-3/h4-13,16,23,27H,14-15,17H2,1-3H3/p+1/t23-/m1/s1. The van der Waals surface area contributed by atoms with Gasteiger partial charge in [0.25, 0.3) is 0 Å². The molecule has 158 valence electrons. The molecule has 0 unspecified atom stereocenters. The lowest BCUT2D eigenvalue weighted by Crippen LogP contribution is -2.82. The molecule has 5 heteroatoms. The van der Waals surface area contributed by atoms with Crippen molar-refractivity contribution in [2.75, 3.05) is 27.9 Å². The zero-order chi connectivity index (χ0) is 21.3. The normalized spacial score (nSPS) is 11.7. The average molecular weight is 411 g/mol. The summed E-state index contributed by atoms with van der Waals surface area (Å²) in [6.07, 6.45) is 0.936. The van der Waals surface area contributed by atoms with Crippen molar-refractivity contribution in [1.82, 2.24) is 0 Å². The van der Waals surface area contributed by atoms with Crippen LogP contribution in [0.3, 0.4) is 0 Å². The van der Waals surface area contributed by atoms with Crippen molar-refractivity contribution in [3.05, 3.63) is 89.2 Å². The van der Waals surface area contributed by atoms with Gasteiger partial charge in [-0.2, -0.15) is 0 Å². The minimum Gasteiger partial charge on any atom is -0.497 e. The molecule has 0 aliphatic rings. The van der Waals surface area contributed by atoms with Gasteiger partial charge in [-0.15, -0.1) is 0 Å². The van der Waals surface area contributed by atoms with Crippen LogP contribution in [-0.2, 0) is 6.54 Å². The molecule has 0 aliphatic carbocycles. The first-order chi connectivity index (χ1) is 14.6. The summed E-state index contributed by atoms with van der Waals surface area (Å²) in [5.41, 5.74) is 3.48. The summed E-state index contributed by atoms with van der Waals surface area (Å²) in [6.45, 7) is 1.78. The first kappa shape index (κ1) is 21.7. The van der Waals surface area contributed by atoms with Crippen LogP contribution in [0, 0.1) is 5.82 Å². The molecule has 0 aliphatic heterocycles. The maximum Gasteiger partial charge on any atom is 0.161 e. The zero-order valence-corrected chi connectivity index (χ0v) is 17.7. The van der Waals surface area contributed by atoms with Crippen LogP contribution in [0.4, 0.5) is 4.39 Å². The molecule has 0 bridgehead atoms. The highest BCUT2D eigenvalue weighted by Crippen LogP contribution is 2.29. The van der Waals surface area contributed by atoms with E-state index in [1.807, 2.05) is 36.4 Å². The summed E-state index contributed by atoms with van der Waals surface area (Å²) < 4.78 is 29.4. The van der Waals surface area contributed by atoms with Gasteiger partial charge in [0, 0.05) is 17.9 Å². The molecule has 0 amide bonds. The summed E-state index contributed by atoms with van der Waals surface area (Å²) in [5, 5.41) is 2.28. The smallest absolute Gasteiger partial charge is 0.161 e. The van der Waals surface area contributed by atoms with Crippen LogP contribution in [0.2, 0.25) is 0 Å². The van der Waals surface area contributed by atoms with Gasteiger partial charge in [-0.25, -0.2) is 4.39 Å². The van der Waals surface area contributed by atoms with Crippen molar-refractivity contribution in [1.29, 1.82) is 0 Å². The molecule has 0 saturated heterocycles. The predicted molar refractivity (Wildman–Crippen MR) is 116 cm³/mol. The number of nitrogens with two attached hydrogens (primary N) is 1. The summed E-state index contributed by atoms with van der Waals surface area (Å²) in [7, 11) is 4.95. The molecule has 0 heterocycles. The number of ether oxygens (including phenoxy) is 3. The Bertz CT molecular complexity index is 926. The maximum absolute atomic E-state index is 13.4. The highest BCUT2D eigenvalue weighted by molar-refractivity contribution is 5.42. The maximum atomic E-state index is 13.4. The van der Waals surface area contributed by atoms with E-state index >= 15 is 0 Å². The molecule has 3 rings (SSSR count). The highest BCUT2D eigenvalue weighted by Gasteiger charge is 2.16. The Labute approximate surface area is 177 Å². The zero-order valence-electron chi connectivity index (χ0n) is 17.7. The fourth-order valence-electron chi connectivity index (χ4n) is 3.62. The monoisotopic (exact) mass is 410 g/mol. The van der Waals surface area contributed by atoms with Crippen molar-refractivity contribution in [3.8, 4) is 17.2 Å². The molecule has 0 aromatic heterocycles. The molecule has 2 N–H and O–H groups in total. The number of rotatable bonds is 10. The Balaban J connectivity index is 1.67. The molecule has 4 nitrogen and oxygen atoms in total. The third-order valence-corrected chi connectivity index (χ3v) is 5.28. The Kier molecular flexibility index (Phi) is 7.69. The van der Waals surface area contributed by atoms with Crippen LogP contribution < -0.4 is 19.5 Å². The summed E-state index contributed by atoms with van der Waals surface area (Å²) >= 11 is 0. The minimum absolute atomic E-state index is 0.193. The van der Waals surface area contributed by atoms with E-state index in [1.54, 1.807) is 21.3 Å². The largest absolute Gasteiger partial charge is 0.497 e. The molecule has 3 aromatic rings. The van der Waals surface area contributed by atoms with Crippen LogP contribution >= 0.6 is 0 Å². The number of halogens is 1. The van der Waals surface area contributed by atoms with Crippen LogP contribution in [0.15, 0.2) is 66.7 Å². The molecule has 0 radical (unpaired) electrons. The van der Waals surface area contributed by atoms with Crippen LogP contribution in [0.1, 0.15) is 29.0 Å². The van der Waals surface area contributed by atoms with Crippen molar-refractivity contribution in [2.45, 2.75) is 18.9 Å². The summed E-state index contributed by atoms with van der Waals surface area (Å²) in [4.78, 5) is 0. The average Bonchev–Trinajstić information content (AvgIpc) is 2.80. The fraction of sp³-hybridized carbons (Fsp3) is 0.280. The number of methoxy groups -OCH3 is 3. The van der Waals surface area contributed by atoms with Crippen LogP contribution in [0.25, 0.3) is 0 Å². The minimum atomic E-state index is -0.216. The summed E-state index contributed by atoms with van der Waals surface area (Å²) in [6, 6.07) is 20.9. The van der Waals surface area contributed by atoms with Crippen LogP contribution in [0.5, 0.6) is 17.2 Å². The Morgan fingerprint density at radius 2 is 1.40 bits per heavy atom. The second-order valence-corrected chi connectivity index (χ2v) is 7.14. The summed E-state index contributed by atoms with van der Waals surface area (Å²) in [5.74, 6) is 2.28. The molecule has 1 atom stereocenters. The van der Waals surface area contributed by atoms with Gasteiger partial charge in [-0.3, -0.25) is 0 Å². The third kappa shape index (κ3) is 5.51. The van der Waals surface area contributed by atoms with Gasteiger partial charge in [-0.1, -0.05) is 24.3 Å². The predicted octanol–water partition coefficient (Wildman–Crippen LogP) is 4.14. The van der Waals surface area contributed by atoms with Crippen molar-refractivity contribution in [3.63, 3.8) is 0 Å². The van der Waals surface area contributed by atoms with Gasteiger partial charge in [0.15, 0.2) is 11.5 Å². The second kappa shape index (κ2) is 10.6. The van der Waals surface area contributed by atoms with E-state index in [0.717, 1.165) is 42.3 Å². The molecule has 3 aromatic carbocycles. The lowest BCUT2D eigenvalue weighted by molar-refractivity contribution is -0.671. The fourth-order valence-corrected chi connectivity index (χ4v) is 3.62. The van der Waals surface area contributed by atoms with Crippen molar-refractivity contribution >= 4 is 0 Å². The van der Waals surface area contributed by atoms with Gasteiger partial charge in [-0.05, 0) is 53.6 Å². The molecule has 0 saturated carbocycles. The van der Waals surface area contributed by atoms with Gasteiger partial charge in [0.05, 0.1) is 27.9 Å². The van der Waals surface area contributed by atoms with Crippen molar-refractivity contribution in [2.24, 2.45) is 0 Å². The Hall–Kier alpha value is -3.05. The quantitative estimate of drug-likeness (QED) is 0.511. The van der Waals surface area contributed by atoms with Crippen LogP contribution in [-0.4, -0.2) is 27.9 Å². The van der Waals surface area contributed by atoms with E-state index in [2.05, 4.69) is 23.5 Å². The highest BCUT2D eigenvalue weighted by atomic mass is 19.1. The van der Waals surface area contributed by atoms with E-state index < -0.39 is 0 Å². The van der Waals surface area contributed by atoms with Gasteiger partial charge in [0.1, 0.15) is 18.1 Å². The topological polar surface area (TPSA) is 44.3 Å². The second-order valence-electron chi connectivity index (χ2n) is 7.14. The Morgan fingerprint density at radius 1 is 0.767 bits per heavy atom. The number of hydrogen-bond donors (Lipinski definition) is 1. The number of benzene rings is 3. The SMILES string of the molecule is COc1ccc([C@H](CC[NH2+]Cc2ccc(OC)c(OC)c2)c2ccc(F)cc2)cc1. The lowest BCUT2D eigenvalue weighted by Gasteiger charge is -2.18. The number of quaternary nitrogens is 1. The molecule has 0 fully saturated rings.